The lowest BCUT2D eigenvalue weighted by molar-refractivity contribution is 0.136. The fourth-order valence-corrected chi connectivity index (χ4v) is 3.76. The van der Waals surface area contributed by atoms with Crippen LogP contribution in [-0.2, 0) is 0 Å². The first-order valence-corrected chi connectivity index (χ1v) is 7.39. The molecule has 0 saturated carbocycles. The molecule has 106 valence electrons. The second kappa shape index (κ2) is 4.81. The van der Waals surface area contributed by atoms with Gasteiger partial charge in [-0.25, -0.2) is 14.2 Å². The van der Waals surface area contributed by atoms with E-state index < -0.39 is 18.3 Å². The Morgan fingerprint density at radius 3 is 3.10 bits per heavy atom. The summed E-state index contributed by atoms with van der Waals surface area (Å²) >= 11 is 4.52. The molecule has 0 aliphatic carbocycles. The monoisotopic (exact) mass is 361 g/mol. The molecule has 2 atom stereocenters. The van der Waals surface area contributed by atoms with Crippen molar-refractivity contribution in [3.05, 3.63) is 26.0 Å². The molecule has 3 rings (SSSR count). The Bertz CT molecular complexity index is 746. The summed E-state index contributed by atoms with van der Waals surface area (Å²) in [5, 5.41) is 9.08. The van der Waals surface area contributed by atoms with Gasteiger partial charge in [0.2, 0.25) is 0 Å². The summed E-state index contributed by atoms with van der Waals surface area (Å²) in [6.45, 7) is -0.199. The highest BCUT2D eigenvalue weighted by molar-refractivity contribution is 9.11. The topological polar surface area (TPSA) is 86.3 Å². The zero-order valence-electron chi connectivity index (χ0n) is 9.97. The number of rotatable bonds is 1. The highest BCUT2D eigenvalue weighted by Crippen LogP contribution is 2.33. The first kappa shape index (κ1) is 13.5. The highest BCUT2D eigenvalue weighted by Gasteiger charge is 2.38. The van der Waals surface area contributed by atoms with Gasteiger partial charge in [0.25, 0.3) is 5.56 Å². The molecule has 1 saturated heterocycles. The fraction of sp³-hybridized carbons (Fsp3) is 0.364. The minimum absolute atomic E-state index is 0.00601. The summed E-state index contributed by atoms with van der Waals surface area (Å²) in [6.07, 6.45) is -2.46. The van der Waals surface area contributed by atoms with Crippen molar-refractivity contribution in [2.45, 2.75) is 18.6 Å². The molecule has 3 heterocycles. The van der Waals surface area contributed by atoms with Crippen LogP contribution in [-0.4, -0.2) is 38.8 Å². The molecule has 1 fully saturated rings. The van der Waals surface area contributed by atoms with E-state index >= 15 is 0 Å². The Morgan fingerprint density at radius 1 is 1.65 bits per heavy atom. The zero-order chi connectivity index (χ0) is 14.4. The number of aromatic amines is 1. The molecule has 0 bridgehead atoms. The number of nitrogens with zero attached hydrogens (tertiary/aromatic N) is 2. The summed E-state index contributed by atoms with van der Waals surface area (Å²) < 4.78 is 14.7. The van der Waals surface area contributed by atoms with Crippen molar-refractivity contribution in [1.29, 1.82) is 0 Å². The normalized spacial score (nSPS) is 22.6. The molecule has 2 aromatic heterocycles. The van der Waals surface area contributed by atoms with Gasteiger partial charge < -0.3 is 10.1 Å². The number of carboxylic acid groups (broad SMARTS) is 1. The van der Waals surface area contributed by atoms with Crippen LogP contribution >= 0.6 is 27.3 Å². The third-order valence-corrected chi connectivity index (χ3v) is 4.81. The van der Waals surface area contributed by atoms with E-state index in [2.05, 4.69) is 25.9 Å². The number of H-pyrrole nitrogens is 1. The van der Waals surface area contributed by atoms with Gasteiger partial charge in [-0.15, -0.1) is 11.3 Å². The minimum Gasteiger partial charge on any atom is -0.465 e. The maximum absolute atomic E-state index is 13.5. The number of alkyl halides is 1. The van der Waals surface area contributed by atoms with Crippen molar-refractivity contribution in [2.24, 2.45) is 0 Å². The van der Waals surface area contributed by atoms with Crippen molar-refractivity contribution in [3.63, 3.8) is 0 Å². The number of amides is 1. The van der Waals surface area contributed by atoms with E-state index in [0.717, 1.165) is 8.69 Å². The smallest absolute Gasteiger partial charge is 0.408 e. The number of aromatic nitrogens is 2. The minimum atomic E-state index is -1.24. The number of nitrogens with one attached hydrogen (secondary N) is 1. The van der Waals surface area contributed by atoms with Crippen LogP contribution in [0.1, 0.15) is 18.3 Å². The lowest BCUT2D eigenvalue weighted by atomic mass is 10.2. The Labute approximate surface area is 124 Å². The number of hydrogen-bond acceptors (Lipinski definition) is 4. The molecule has 2 aromatic rings. The molecule has 0 spiro atoms. The van der Waals surface area contributed by atoms with E-state index in [1.165, 1.54) is 11.3 Å². The van der Waals surface area contributed by atoms with Gasteiger partial charge in [-0.3, -0.25) is 9.69 Å². The predicted octanol–water partition coefficient (Wildman–Crippen LogP) is 2.51. The standard InChI is InChI=1S/C11H9BrFN3O3S/c12-7-2-5-8(20-7)10(17)15-9(14-5)6-1-4(13)3-16(6)11(18)19/h2,4,6H,1,3H2,(H,18,19)(H,14,15,17)/t4-,6+/m1/s1. The maximum Gasteiger partial charge on any atom is 0.408 e. The van der Waals surface area contributed by atoms with Gasteiger partial charge in [-0.05, 0) is 22.0 Å². The number of hydrogen-bond donors (Lipinski definition) is 2. The molecule has 1 aliphatic rings. The molecule has 0 unspecified atom stereocenters. The predicted molar refractivity (Wildman–Crippen MR) is 74.9 cm³/mol. The van der Waals surface area contributed by atoms with Crippen molar-refractivity contribution in [2.75, 3.05) is 6.54 Å². The molecule has 1 amide bonds. The van der Waals surface area contributed by atoms with Crippen LogP contribution in [0.2, 0.25) is 0 Å². The summed E-state index contributed by atoms with van der Waals surface area (Å²) in [6, 6.07) is 0.935. The van der Waals surface area contributed by atoms with Crippen LogP contribution in [0.3, 0.4) is 0 Å². The van der Waals surface area contributed by atoms with Gasteiger partial charge in [0, 0.05) is 6.42 Å². The largest absolute Gasteiger partial charge is 0.465 e. The number of halogens is 2. The van der Waals surface area contributed by atoms with Crippen molar-refractivity contribution in [1.82, 2.24) is 14.9 Å². The van der Waals surface area contributed by atoms with Gasteiger partial charge in [0.15, 0.2) is 0 Å². The van der Waals surface area contributed by atoms with E-state index in [0.29, 0.717) is 10.2 Å². The van der Waals surface area contributed by atoms with Crippen molar-refractivity contribution < 1.29 is 14.3 Å². The van der Waals surface area contributed by atoms with Crippen molar-refractivity contribution >= 4 is 43.6 Å². The van der Waals surface area contributed by atoms with Gasteiger partial charge >= 0.3 is 6.09 Å². The number of thiophene rings is 1. The fourth-order valence-electron chi connectivity index (χ4n) is 2.34. The lowest BCUT2D eigenvalue weighted by Crippen LogP contribution is -2.31. The van der Waals surface area contributed by atoms with Crippen LogP contribution < -0.4 is 5.56 Å². The Kier molecular flexibility index (Phi) is 3.25. The van der Waals surface area contributed by atoms with Crippen molar-refractivity contribution in [3.8, 4) is 0 Å². The van der Waals surface area contributed by atoms with E-state index in [1.54, 1.807) is 6.07 Å². The van der Waals surface area contributed by atoms with E-state index in [-0.39, 0.29) is 24.3 Å². The highest BCUT2D eigenvalue weighted by atomic mass is 79.9. The molecule has 0 aromatic carbocycles. The van der Waals surface area contributed by atoms with E-state index in [1.807, 2.05) is 0 Å². The van der Waals surface area contributed by atoms with Crippen LogP contribution in [0.4, 0.5) is 9.18 Å². The maximum atomic E-state index is 13.5. The number of fused-ring (bicyclic) bond motifs is 1. The van der Waals surface area contributed by atoms with Gasteiger partial charge in [0.1, 0.15) is 16.7 Å². The Hall–Kier alpha value is -1.48. The van der Waals surface area contributed by atoms with Crippen LogP contribution in [0.15, 0.2) is 14.6 Å². The van der Waals surface area contributed by atoms with Crippen LogP contribution in [0.25, 0.3) is 10.2 Å². The summed E-state index contributed by atoms with van der Waals surface area (Å²) in [5.74, 6) is 0.190. The van der Waals surface area contributed by atoms with Gasteiger partial charge in [-0.1, -0.05) is 0 Å². The lowest BCUT2D eigenvalue weighted by Gasteiger charge is -2.19. The third kappa shape index (κ3) is 2.20. The van der Waals surface area contributed by atoms with E-state index in [9.17, 15) is 14.0 Å². The molecular weight excluding hydrogens is 353 g/mol. The number of carbonyl (C=O) groups is 1. The number of likely N-dealkylation sites (tertiary alicyclic amines) is 1. The molecule has 0 radical (unpaired) electrons. The van der Waals surface area contributed by atoms with Gasteiger partial charge in [0.05, 0.1) is 21.9 Å². The summed E-state index contributed by atoms with van der Waals surface area (Å²) in [4.78, 5) is 30.9. The molecule has 2 N–H and O–H groups in total. The Balaban J connectivity index is 2.09. The SMILES string of the molecule is O=C(O)N1C[C@H](F)C[C@H]1c1nc2cc(Br)sc2c(=O)[nH]1. The average Bonchev–Trinajstić information content (AvgIpc) is 2.91. The molecule has 9 heteroatoms. The van der Waals surface area contributed by atoms with Gasteiger partial charge in [-0.2, -0.15) is 0 Å². The Morgan fingerprint density at radius 2 is 2.40 bits per heavy atom. The van der Waals surface area contributed by atoms with E-state index in [4.69, 9.17) is 5.11 Å². The molecule has 20 heavy (non-hydrogen) atoms. The summed E-state index contributed by atoms with van der Waals surface area (Å²) in [5.41, 5.74) is 0.140. The first-order valence-electron chi connectivity index (χ1n) is 5.78. The van der Waals surface area contributed by atoms with Crippen LogP contribution in [0.5, 0.6) is 0 Å². The molecule has 6 nitrogen and oxygen atoms in total. The first-order chi connectivity index (χ1) is 9.45. The summed E-state index contributed by atoms with van der Waals surface area (Å²) in [7, 11) is 0. The second-order valence-electron chi connectivity index (χ2n) is 4.50. The quantitative estimate of drug-likeness (QED) is 0.816. The average molecular weight is 362 g/mol. The second-order valence-corrected chi connectivity index (χ2v) is 6.93. The third-order valence-electron chi connectivity index (χ3n) is 3.18. The molecular formula is C11H9BrFN3O3S. The molecule has 1 aliphatic heterocycles. The zero-order valence-corrected chi connectivity index (χ0v) is 12.4. The van der Waals surface area contributed by atoms with Crippen LogP contribution in [0, 0.1) is 0 Å².